The predicted octanol–water partition coefficient (Wildman–Crippen LogP) is 4.48. The Morgan fingerprint density at radius 3 is 2.37 bits per heavy atom. The highest BCUT2D eigenvalue weighted by atomic mass is 16.5. The average Bonchev–Trinajstić information content (AvgIpc) is 3.19. The zero-order valence-electron chi connectivity index (χ0n) is 19.9. The third kappa shape index (κ3) is 5.91. The molecule has 7 nitrogen and oxygen atoms in total. The highest BCUT2D eigenvalue weighted by molar-refractivity contribution is 5.80. The fourth-order valence-corrected chi connectivity index (χ4v) is 4.89. The average molecular weight is 477 g/mol. The van der Waals surface area contributed by atoms with Gasteiger partial charge in [-0.1, -0.05) is 67.6 Å². The highest BCUT2D eigenvalue weighted by Crippen LogP contribution is 2.44. The Bertz CT molecular complexity index is 1070. The Morgan fingerprint density at radius 2 is 1.71 bits per heavy atom. The van der Waals surface area contributed by atoms with E-state index in [0.29, 0.717) is 32.2 Å². The zero-order valence-corrected chi connectivity index (χ0v) is 19.9. The largest absolute Gasteiger partial charge is 0.481 e. The number of aliphatic carboxylic acids is 1. The van der Waals surface area contributed by atoms with E-state index >= 15 is 0 Å². The maximum atomic E-state index is 12.6. The summed E-state index contributed by atoms with van der Waals surface area (Å²) >= 11 is 0. The Labute approximate surface area is 205 Å². The van der Waals surface area contributed by atoms with Crippen LogP contribution in [0.2, 0.25) is 0 Å². The van der Waals surface area contributed by atoms with Crippen molar-refractivity contribution in [1.29, 1.82) is 0 Å². The summed E-state index contributed by atoms with van der Waals surface area (Å²) in [6.07, 6.45) is 5.56. The normalized spacial score (nSPS) is 19.3. The molecule has 2 aromatic rings. The van der Waals surface area contributed by atoms with Gasteiger partial charge >= 0.3 is 12.1 Å². The molecule has 0 spiro atoms. The lowest BCUT2D eigenvalue weighted by Gasteiger charge is -2.25. The van der Waals surface area contributed by atoms with E-state index in [2.05, 4.69) is 34.9 Å². The fraction of sp³-hybridized carbons (Fsp3) is 0.393. The summed E-state index contributed by atoms with van der Waals surface area (Å²) in [5.74, 6) is -1.56. The van der Waals surface area contributed by atoms with Crippen LogP contribution in [0.25, 0.3) is 11.1 Å². The molecule has 35 heavy (non-hydrogen) atoms. The van der Waals surface area contributed by atoms with Crippen molar-refractivity contribution in [3.8, 4) is 11.1 Å². The fourth-order valence-electron chi connectivity index (χ4n) is 4.89. The van der Waals surface area contributed by atoms with Gasteiger partial charge in [-0.3, -0.25) is 9.59 Å². The molecule has 0 heterocycles. The van der Waals surface area contributed by atoms with E-state index in [1.165, 1.54) is 11.1 Å². The van der Waals surface area contributed by atoms with Gasteiger partial charge in [0, 0.05) is 18.4 Å². The lowest BCUT2D eigenvalue weighted by molar-refractivity contribution is -0.141. The molecule has 7 heteroatoms. The van der Waals surface area contributed by atoms with Gasteiger partial charge in [-0.15, -0.1) is 0 Å². The number of fused-ring (bicyclic) bond motifs is 3. The number of carboxylic acids is 1. The van der Waals surface area contributed by atoms with Crippen LogP contribution in [0.4, 0.5) is 4.79 Å². The molecule has 0 saturated carbocycles. The second-order valence-corrected chi connectivity index (χ2v) is 9.35. The molecule has 2 amide bonds. The molecule has 3 atom stereocenters. The van der Waals surface area contributed by atoms with Crippen molar-refractivity contribution >= 4 is 18.0 Å². The number of ether oxygens (including phenoxy) is 1. The minimum Gasteiger partial charge on any atom is -0.481 e. The first-order valence-corrected chi connectivity index (χ1v) is 12.2. The summed E-state index contributed by atoms with van der Waals surface area (Å²) in [5.41, 5.74) is 4.68. The molecule has 0 fully saturated rings. The van der Waals surface area contributed by atoms with Crippen LogP contribution in [0, 0.1) is 11.8 Å². The van der Waals surface area contributed by atoms with Crippen LogP contribution in [-0.4, -0.2) is 42.3 Å². The summed E-state index contributed by atoms with van der Waals surface area (Å²) < 4.78 is 5.63. The van der Waals surface area contributed by atoms with Gasteiger partial charge in [0.15, 0.2) is 0 Å². The number of benzene rings is 2. The Kier molecular flexibility index (Phi) is 7.85. The van der Waals surface area contributed by atoms with Crippen LogP contribution < -0.4 is 10.6 Å². The minimum absolute atomic E-state index is 0.00239. The van der Waals surface area contributed by atoms with Gasteiger partial charge < -0.3 is 20.5 Å². The number of carbonyl (C=O) groups excluding carboxylic acids is 2. The molecule has 2 aliphatic carbocycles. The molecule has 0 aliphatic heterocycles. The quantitative estimate of drug-likeness (QED) is 0.366. The number of amides is 2. The van der Waals surface area contributed by atoms with Crippen LogP contribution in [0.3, 0.4) is 0 Å². The van der Waals surface area contributed by atoms with E-state index in [-0.39, 0.29) is 30.4 Å². The minimum atomic E-state index is -0.823. The van der Waals surface area contributed by atoms with E-state index in [0.717, 1.165) is 11.1 Å². The van der Waals surface area contributed by atoms with E-state index < -0.39 is 18.0 Å². The van der Waals surface area contributed by atoms with Crippen molar-refractivity contribution in [3.63, 3.8) is 0 Å². The molecule has 2 aromatic carbocycles. The first-order chi connectivity index (χ1) is 16.9. The number of nitrogens with one attached hydrogen (secondary N) is 2. The molecular formula is C28H32N2O5. The molecular weight excluding hydrogens is 444 g/mol. The molecule has 3 unspecified atom stereocenters. The van der Waals surface area contributed by atoms with Crippen molar-refractivity contribution in [2.75, 3.05) is 13.2 Å². The molecule has 0 bridgehead atoms. The van der Waals surface area contributed by atoms with Crippen LogP contribution in [-0.2, 0) is 14.3 Å². The summed E-state index contributed by atoms with van der Waals surface area (Å²) in [4.78, 5) is 36.0. The summed E-state index contributed by atoms with van der Waals surface area (Å²) in [5, 5.41) is 14.7. The van der Waals surface area contributed by atoms with Gasteiger partial charge in [-0.25, -0.2) is 4.79 Å². The standard InChI is InChI=1S/C28H32N2O5/c1-18(27(32)33)8-7-15-29-26(31)19-9-6-10-20(16-19)30-28(34)35-17-25-23-13-4-2-11-21(23)22-12-3-5-14-24(22)25/h2-6,10-14,18-20,25H,7-9,15-17H2,1H3,(H,29,31)(H,30,34)(H,32,33). The Hall–Kier alpha value is -3.61. The lowest BCUT2D eigenvalue weighted by Crippen LogP contribution is -2.41. The second-order valence-electron chi connectivity index (χ2n) is 9.35. The lowest BCUT2D eigenvalue weighted by atomic mass is 9.90. The monoisotopic (exact) mass is 476 g/mol. The van der Waals surface area contributed by atoms with Gasteiger partial charge in [0.2, 0.25) is 5.91 Å². The van der Waals surface area contributed by atoms with Crippen molar-refractivity contribution in [2.45, 2.75) is 44.6 Å². The third-order valence-electron chi connectivity index (χ3n) is 6.88. The van der Waals surface area contributed by atoms with E-state index in [9.17, 15) is 14.4 Å². The topological polar surface area (TPSA) is 105 Å². The van der Waals surface area contributed by atoms with Crippen molar-refractivity contribution in [2.24, 2.45) is 11.8 Å². The molecule has 0 aromatic heterocycles. The number of hydrogen-bond donors (Lipinski definition) is 3. The molecule has 4 rings (SSSR count). The van der Waals surface area contributed by atoms with Gasteiger partial charge in [-0.2, -0.15) is 0 Å². The maximum absolute atomic E-state index is 12.6. The van der Waals surface area contributed by atoms with E-state index in [1.807, 2.05) is 36.4 Å². The van der Waals surface area contributed by atoms with Crippen molar-refractivity contribution in [1.82, 2.24) is 10.6 Å². The molecule has 3 N–H and O–H groups in total. The molecule has 0 saturated heterocycles. The SMILES string of the molecule is CC(CCCNC(=O)C1CC=CC(NC(=O)OCC2c3ccccc3-c3ccccc32)C1)C(=O)O. The molecule has 184 valence electrons. The van der Waals surface area contributed by atoms with Crippen LogP contribution in [0.5, 0.6) is 0 Å². The van der Waals surface area contributed by atoms with Crippen molar-refractivity contribution < 1.29 is 24.2 Å². The van der Waals surface area contributed by atoms with E-state index in [1.54, 1.807) is 6.92 Å². The highest BCUT2D eigenvalue weighted by Gasteiger charge is 2.30. The smallest absolute Gasteiger partial charge is 0.407 e. The summed E-state index contributed by atoms with van der Waals surface area (Å²) in [7, 11) is 0. The van der Waals surface area contributed by atoms with Crippen molar-refractivity contribution in [3.05, 3.63) is 71.8 Å². The maximum Gasteiger partial charge on any atom is 0.407 e. The number of alkyl carbamates (subject to hydrolysis) is 1. The molecule has 0 radical (unpaired) electrons. The number of hydrogen-bond acceptors (Lipinski definition) is 4. The van der Waals surface area contributed by atoms with Crippen LogP contribution in [0.15, 0.2) is 60.7 Å². The van der Waals surface area contributed by atoms with Crippen LogP contribution in [0.1, 0.15) is 49.7 Å². The first kappa shape index (κ1) is 24.5. The Balaban J connectivity index is 1.25. The number of rotatable bonds is 9. The second kappa shape index (κ2) is 11.2. The third-order valence-corrected chi connectivity index (χ3v) is 6.88. The van der Waals surface area contributed by atoms with E-state index in [4.69, 9.17) is 9.84 Å². The van der Waals surface area contributed by atoms with Gasteiger partial charge in [0.05, 0.1) is 12.0 Å². The summed E-state index contributed by atoms with van der Waals surface area (Å²) in [6, 6.07) is 16.1. The summed E-state index contributed by atoms with van der Waals surface area (Å²) in [6.45, 7) is 2.35. The number of allylic oxidation sites excluding steroid dienone is 1. The Morgan fingerprint density at radius 1 is 1.06 bits per heavy atom. The van der Waals surface area contributed by atoms with Gasteiger partial charge in [-0.05, 0) is 47.9 Å². The number of carboxylic acid groups (broad SMARTS) is 1. The predicted molar refractivity (Wildman–Crippen MR) is 133 cm³/mol. The first-order valence-electron chi connectivity index (χ1n) is 12.2. The van der Waals surface area contributed by atoms with Gasteiger partial charge in [0.1, 0.15) is 6.61 Å². The van der Waals surface area contributed by atoms with Crippen LogP contribution >= 0.6 is 0 Å². The number of carbonyl (C=O) groups is 3. The zero-order chi connectivity index (χ0) is 24.8. The molecule has 2 aliphatic rings. The van der Waals surface area contributed by atoms with Gasteiger partial charge in [0.25, 0.3) is 0 Å².